The molecule has 1 atom stereocenters. The van der Waals surface area contributed by atoms with E-state index in [1.165, 1.54) is 29.7 Å². The number of aromatic nitrogens is 2. The lowest BCUT2D eigenvalue weighted by atomic mass is 10.3. The minimum absolute atomic E-state index is 0.0640. The van der Waals surface area contributed by atoms with Crippen LogP contribution in [0.5, 0.6) is 0 Å². The third-order valence-electron chi connectivity index (χ3n) is 3.62. The van der Waals surface area contributed by atoms with E-state index in [0.717, 1.165) is 0 Å². The van der Waals surface area contributed by atoms with Crippen LogP contribution in [0.25, 0.3) is 0 Å². The average molecular weight is 371 g/mol. The number of carbonyl (C=O) groups excluding carboxylic acids is 2. The van der Waals surface area contributed by atoms with E-state index in [1.807, 2.05) is 0 Å². The number of hydrogen-bond acceptors (Lipinski definition) is 7. The van der Waals surface area contributed by atoms with Gasteiger partial charge in [0.15, 0.2) is 11.9 Å². The SMILES string of the molecule is Cc1cc(NC(=O)[C@H](C)OC(=O)c2ccc(Cn3ccccc3=O)o2)no1. The van der Waals surface area contributed by atoms with E-state index in [9.17, 15) is 14.4 Å². The summed E-state index contributed by atoms with van der Waals surface area (Å²) in [6, 6.07) is 9.31. The Kier molecular flexibility index (Phi) is 5.20. The van der Waals surface area contributed by atoms with Gasteiger partial charge in [-0.15, -0.1) is 0 Å². The molecule has 0 fully saturated rings. The number of nitrogens with one attached hydrogen (secondary N) is 1. The van der Waals surface area contributed by atoms with Crippen molar-refractivity contribution in [1.29, 1.82) is 0 Å². The summed E-state index contributed by atoms with van der Waals surface area (Å²) in [5.74, 6) is -0.235. The largest absolute Gasteiger partial charge is 0.452 e. The van der Waals surface area contributed by atoms with Gasteiger partial charge in [-0.3, -0.25) is 9.59 Å². The van der Waals surface area contributed by atoms with Crippen LogP contribution in [0.1, 0.15) is 29.0 Å². The molecular weight excluding hydrogens is 354 g/mol. The number of ether oxygens (including phenoxy) is 1. The molecule has 0 saturated heterocycles. The number of carbonyl (C=O) groups is 2. The first-order valence-corrected chi connectivity index (χ1v) is 8.12. The number of anilines is 1. The molecule has 0 unspecified atom stereocenters. The van der Waals surface area contributed by atoms with Gasteiger partial charge < -0.3 is 23.6 Å². The van der Waals surface area contributed by atoms with E-state index < -0.39 is 18.0 Å². The molecule has 0 spiro atoms. The second kappa shape index (κ2) is 7.73. The van der Waals surface area contributed by atoms with Gasteiger partial charge in [-0.05, 0) is 32.0 Å². The van der Waals surface area contributed by atoms with Crippen molar-refractivity contribution in [3.05, 3.63) is 70.2 Å². The normalized spacial score (nSPS) is 11.8. The third kappa shape index (κ3) is 4.51. The Labute approximate surface area is 153 Å². The maximum atomic E-state index is 12.2. The van der Waals surface area contributed by atoms with Crippen LogP contribution >= 0.6 is 0 Å². The van der Waals surface area contributed by atoms with Crippen LogP contribution in [0.15, 0.2) is 56.3 Å². The summed E-state index contributed by atoms with van der Waals surface area (Å²) in [5.41, 5.74) is -0.189. The predicted octanol–water partition coefficient (Wildman–Crippen LogP) is 1.97. The number of furan rings is 1. The molecule has 1 amide bonds. The Morgan fingerprint density at radius 3 is 2.81 bits per heavy atom. The van der Waals surface area contributed by atoms with Gasteiger partial charge in [0.2, 0.25) is 5.76 Å². The first-order chi connectivity index (χ1) is 12.9. The first kappa shape index (κ1) is 18.2. The van der Waals surface area contributed by atoms with E-state index in [4.69, 9.17) is 13.7 Å². The summed E-state index contributed by atoms with van der Waals surface area (Å²) >= 11 is 0. The van der Waals surface area contributed by atoms with Crippen molar-refractivity contribution >= 4 is 17.7 Å². The smallest absolute Gasteiger partial charge is 0.375 e. The van der Waals surface area contributed by atoms with E-state index in [0.29, 0.717) is 11.5 Å². The van der Waals surface area contributed by atoms with E-state index >= 15 is 0 Å². The highest BCUT2D eigenvalue weighted by atomic mass is 16.6. The van der Waals surface area contributed by atoms with Crippen LogP contribution in [-0.4, -0.2) is 27.7 Å². The van der Waals surface area contributed by atoms with E-state index in [1.54, 1.807) is 31.3 Å². The van der Waals surface area contributed by atoms with Crippen molar-refractivity contribution in [1.82, 2.24) is 9.72 Å². The standard InChI is InChI=1S/C18H17N3O6/c1-11-9-15(20-27-11)19-17(23)12(2)25-18(24)14-7-6-13(26-14)10-21-8-4-3-5-16(21)22/h3-9,12H,10H2,1-2H3,(H,19,20,23)/t12-/m0/s1. The Hall–Kier alpha value is -3.62. The van der Waals surface area contributed by atoms with Gasteiger partial charge in [0.25, 0.3) is 11.5 Å². The topological polar surface area (TPSA) is 117 Å². The third-order valence-corrected chi connectivity index (χ3v) is 3.62. The summed E-state index contributed by atoms with van der Waals surface area (Å²) in [4.78, 5) is 35.9. The number of esters is 1. The number of pyridine rings is 1. The minimum atomic E-state index is -1.07. The first-order valence-electron chi connectivity index (χ1n) is 8.12. The van der Waals surface area contributed by atoms with Crippen LogP contribution in [0.4, 0.5) is 5.82 Å². The molecule has 0 radical (unpaired) electrons. The fourth-order valence-corrected chi connectivity index (χ4v) is 2.26. The average Bonchev–Trinajstić information content (AvgIpc) is 3.26. The van der Waals surface area contributed by atoms with Crippen molar-refractivity contribution in [2.24, 2.45) is 0 Å². The zero-order valence-corrected chi connectivity index (χ0v) is 14.7. The Balaban J connectivity index is 1.59. The van der Waals surface area contributed by atoms with E-state index in [2.05, 4.69) is 10.5 Å². The van der Waals surface area contributed by atoms with Crippen molar-refractivity contribution in [2.75, 3.05) is 5.32 Å². The molecule has 27 heavy (non-hydrogen) atoms. The van der Waals surface area contributed by atoms with Gasteiger partial charge in [-0.1, -0.05) is 11.2 Å². The Morgan fingerprint density at radius 1 is 1.30 bits per heavy atom. The molecule has 0 aromatic carbocycles. The van der Waals surface area contributed by atoms with Crippen LogP contribution in [0.3, 0.4) is 0 Å². The van der Waals surface area contributed by atoms with E-state index in [-0.39, 0.29) is 23.7 Å². The van der Waals surface area contributed by atoms with Crippen molar-refractivity contribution in [3.8, 4) is 0 Å². The number of hydrogen-bond donors (Lipinski definition) is 1. The highest BCUT2D eigenvalue weighted by Gasteiger charge is 2.22. The number of amides is 1. The number of rotatable bonds is 6. The molecule has 0 saturated carbocycles. The van der Waals surface area contributed by atoms with Gasteiger partial charge in [0.1, 0.15) is 11.5 Å². The summed E-state index contributed by atoms with van der Waals surface area (Å²) < 4.78 is 16.8. The molecule has 9 nitrogen and oxygen atoms in total. The second-order valence-corrected chi connectivity index (χ2v) is 5.79. The molecule has 0 bridgehead atoms. The molecular formula is C18H17N3O6. The maximum absolute atomic E-state index is 12.2. The molecule has 0 aliphatic heterocycles. The van der Waals surface area contributed by atoms with Crippen molar-refractivity contribution < 1.29 is 23.3 Å². The van der Waals surface area contributed by atoms with Gasteiger partial charge in [-0.25, -0.2) is 4.79 Å². The van der Waals surface area contributed by atoms with Gasteiger partial charge in [0.05, 0.1) is 6.54 Å². The van der Waals surface area contributed by atoms with Gasteiger partial charge >= 0.3 is 5.97 Å². The zero-order chi connectivity index (χ0) is 19.4. The van der Waals surface area contributed by atoms with Crippen LogP contribution in [-0.2, 0) is 16.1 Å². The lowest BCUT2D eigenvalue weighted by Crippen LogP contribution is -2.30. The summed E-state index contributed by atoms with van der Waals surface area (Å²) in [7, 11) is 0. The molecule has 3 aromatic heterocycles. The Morgan fingerprint density at radius 2 is 2.11 bits per heavy atom. The molecule has 3 rings (SSSR count). The van der Waals surface area contributed by atoms with Crippen molar-refractivity contribution in [2.45, 2.75) is 26.5 Å². The molecule has 1 N–H and O–H groups in total. The second-order valence-electron chi connectivity index (χ2n) is 5.79. The lowest BCUT2D eigenvalue weighted by Gasteiger charge is -2.11. The van der Waals surface area contributed by atoms with Gasteiger partial charge in [0, 0.05) is 18.3 Å². The van der Waals surface area contributed by atoms with Crippen LogP contribution in [0, 0.1) is 6.92 Å². The predicted molar refractivity (Wildman–Crippen MR) is 93.3 cm³/mol. The highest BCUT2D eigenvalue weighted by Crippen LogP contribution is 2.13. The fraction of sp³-hybridized carbons (Fsp3) is 0.222. The Bertz CT molecular complexity index is 1020. The maximum Gasteiger partial charge on any atom is 0.375 e. The van der Waals surface area contributed by atoms with Crippen molar-refractivity contribution in [3.63, 3.8) is 0 Å². The number of aryl methyl sites for hydroxylation is 1. The molecule has 9 heteroatoms. The summed E-state index contributed by atoms with van der Waals surface area (Å²) in [5, 5.41) is 6.11. The molecule has 0 aliphatic carbocycles. The summed E-state index contributed by atoms with van der Waals surface area (Å²) in [6.45, 7) is 3.28. The zero-order valence-electron chi connectivity index (χ0n) is 14.7. The summed E-state index contributed by atoms with van der Waals surface area (Å²) in [6.07, 6.45) is 0.542. The molecule has 3 heterocycles. The minimum Gasteiger partial charge on any atom is -0.452 e. The molecule has 3 aromatic rings. The highest BCUT2D eigenvalue weighted by molar-refractivity contribution is 5.96. The lowest BCUT2D eigenvalue weighted by molar-refractivity contribution is -0.123. The van der Waals surface area contributed by atoms with Crippen LogP contribution in [0.2, 0.25) is 0 Å². The fourth-order valence-electron chi connectivity index (χ4n) is 2.26. The van der Waals surface area contributed by atoms with Gasteiger partial charge in [-0.2, -0.15) is 0 Å². The quantitative estimate of drug-likeness (QED) is 0.658. The monoisotopic (exact) mass is 371 g/mol. The van der Waals surface area contributed by atoms with Crippen LogP contribution < -0.4 is 10.9 Å². The number of nitrogens with zero attached hydrogens (tertiary/aromatic N) is 2. The molecule has 140 valence electrons. The molecule has 0 aliphatic rings.